The minimum atomic E-state index is -1.20. The van der Waals surface area contributed by atoms with Crippen LogP contribution in [-0.4, -0.2) is 22.2 Å². The van der Waals surface area contributed by atoms with Crippen LogP contribution in [0.2, 0.25) is 0 Å². The number of aromatic carboxylic acids is 1. The van der Waals surface area contributed by atoms with Gasteiger partial charge in [-0.2, -0.15) is 0 Å². The first-order chi connectivity index (χ1) is 10.2. The molecular weight excluding hydrogens is 284 g/mol. The van der Waals surface area contributed by atoms with Gasteiger partial charge in [-0.15, -0.1) is 11.8 Å². The minimum absolute atomic E-state index is 0.145. The second-order valence-electron chi connectivity index (χ2n) is 4.47. The number of rotatable bonds is 3. The predicted octanol–water partition coefficient (Wildman–Crippen LogP) is 2.38. The molecule has 2 aromatic heterocycles. The molecule has 4 nitrogen and oxygen atoms in total. The van der Waals surface area contributed by atoms with Gasteiger partial charge in [-0.05, 0) is 36.6 Å². The lowest BCUT2D eigenvalue weighted by Crippen LogP contribution is -2.22. The average Bonchev–Trinajstić information content (AvgIpc) is 2.53. The summed E-state index contributed by atoms with van der Waals surface area (Å²) in [4.78, 5) is 21.0. The van der Waals surface area contributed by atoms with Gasteiger partial charge in [0.25, 0.3) is 0 Å². The molecule has 104 valence electrons. The van der Waals surface area contributed by atoms with Gasteiger partial charge in [0.2, 0.25) is 0 Å². The fraction of sp³-hybridized carbons (Fsp3) is 0.0625. The van der Waals surface area contributed by atoms with Crippen molar-refractivity contribution in [2.75, 3.05) is 6.26 Å². The van der Waals surface area contributed by atoms with Crippen molar-refractivity contribution in [2.24, 2.45) is 0 Å². The Balaban J connectivity index is 2.30. The monoisotopic (exact) mass is 295 g/mol. The third-order valence-electron chi connectivity index (χ3n) is 3.19. The normalized spacial score (nSPS) is 10.7. The standard InChI is InChI=1S/C16H12N2O2S/c1-21-11-4-5-12-13(16(19)20)8-14(18-15(12)7-11)10-3-2-6-17-9-10/h2-9H,1H3,(H,19,20)/p-1. The molecule has 0 saturated carbocycles. The third kappa shape index (κ3) is 2.60. The zero-order valence-corrected chi connectivity index (χ0v) is 12.1. The highest BCUT2D eigenvalue weighted by Crippen LogP contribution is 2.27. The van der Waals surface area contributed by atoms with Gasteiger partial charge in [-0.3, -0.25) is 4.98 Å². The summed E-state index contributed by atoms with van der Waals surface area (Å²) in [6.07, 6.45) is 5.29. The van der Waals surface area contributed by atoms with Crippen molar-refractivity contribution in [2.45, 2.75) is 4.90 Å². The Bertz CT molecular complexity index is 819. The Kier molecular flexibility index (Phi) is 3.58. The van der Waals surface area contributed by atoms with E-state index in [-0.39, 0.29) is 5.56 Å². The van der Waals surface area contributed by atoms with Gasteiger partial charge in [0.05, 0.1) is 17.2 Å². The molecule has 0 aliphatic heterocycles. The number of hydrogen-bond donors (Lipinski definition) is 0. The summed E-state index contributed by atoms with van der Waals surface area (Å²) >= 11 is 1.58. The molecular formula is C16H11N2O2S-. The van der Waals surface area contributed by atoms with E-state index in [1.807, 2.05) is 24.5 Å². The van der Waals surface area contributed by atoms with Gasteiger partial charge in [0.1, 0.15) is 0 Å². The molecule has 5 heteroatoms. The van der Waals surface area contributed by atoms with E-state index in [1.54, 1.807) is 36.3 Å². The lowest BCUT2D eigenvalue weighted by Gasteiger charge is -2.11. The maximum absolute atomic E-state index is 11.4. The van der Waals surface area contributed by atoms with Gasteiger partial charge in [-0.25, -0.2) is 4.98 Å². The Hall–Kier alpha value is -2.40. The number of carbonyl (C=O) groups is 1. The fourth-order valence-corrected chi connectivity index (χ4v) is 2.60. The summed E-state index contributed by atoms with van der Waals surface area (Å²) in [7, 11) is 0. The molecule has 0 unspecified atom stereocenters. The molecule has 3 rings (SSSR count). The van der Waals surface area contributed by atoms with Gasteiger partial charge >= 0.3 is 0 Å². The molecule has 0 aliphatic rings. The number of hydrogen-bond acceptors (Lipinski definition) is 5. The second kappa shape index (κ2) is 5.54. The van der Waals surface area contributed by atoms with Crippen molar-refractivity contribution in [1.82, 2.24) is 9.97 Å². The summed E-state index contributed by atoms with van der Waals surface area (Å²) in [5.41, 5.74) is 2.14. The van der Waals surface area contributed by atoms with Crippen LogP contribution < -0.4 is 5.11 Å². The highest BCUT2D eigenvalue weighted by atomic mass is 32.2. The van der Waals surface area contributed by atoms with Crippen LogP contribution in [0, 0.1) is 0 Å². The zero-order valence-electron chi connectivity index (χ0n) is 11.2. The van der Waals surface area contributed by atoms with Crippen molar-refractivity contribution in [3.05, 3.63) is 54.4 Å². The van der Waals surface area contributed by atoms with E-state index in [9.17, 15) is 9.90 Å². The van der Waals surface area contributed by atoms with Crippen LogP contribution in [-0.2, 0) is 0 Å². The SMILES string of the molecule is CSc1ccc2c(C(=O)[O-])cc(-c3cccnc3)nc2c1. The molecule has 0 saturated heterocycles. The molecule has 0 N–H and O–H groups in total. The highest BCUT2D eigenvalue weighted by molar-refractivity contribution is 7.98. The minimum Gasteiger partial charge on any atom is -0.545 e. The molecule has 3 aromatic rings. The van der Waals surface area contributed by atoms with Gasteiger partial charge in [0, 0.05) is 33.8 Å². The molecule has 21 heavy (non-hydrogen) atoms. The predicted molar refractivity (Wildman–Crippen MR) is 81.1 cm³/mol. The van der Waals surface area contributed by atoms with Gasteiger partial charge in [0.15, 0.2) is 0 Å². The summed E-state index contributed by atoms with van der Waals surface area (Å²) in [5, 5.41) is 12.0. The summed E-state index contributed by atoms with van der Waals surface area (Å²) < 4.78 is 0. The van der Waals surface area contributed by atoms with Crippen molar-refractivity contribution < 1.29 is 9.90 Å². The number of fused-ring (bicyclic) bond motifs is 1. The van der Waals surface area contributed by atoms with Crippen LogP contribution in [0.4, 0.5) is 0 Å². The largest absolute Gasteiger partial charge is 0.545 e. The summed E-state index contributed by atoms with van der Waals surface area (Å²) in [5.74, 6) is -1.20. The number of aromatic nitrogens is 2. The van der Waals surface area contributed by atoms with Crippen molar-refractivity contribution >= 4 is 28.6 Å². The lowest BCUT2D eigenvalue weighted by atomic mass is 10.1. The van der Waals surface area contributed by atoms with E-state index in [2.05, 4.69) is 9.97 Å². The smallest absolute Gasteiger partial charge is 0.0731 e. The molecule has 0 fully saturated rings. The quantitative estimate of drug-likeness (QED) is 0.694. The number of pyridine rings is 2. The summed E-state index contributed by atoms with van der Waals surface area (Å²) in [6, 6.07) is 10.7. The van der Waals surface area contributed by atoms with Crippen molar-refractivity contribution in [3.63, 3.8) is 0 Å². The number of nitrogens with zero attached hydrogens (tertiary/aromatic N) is 2. The highest BCUT2D eigenvalue weighted by Gasteiger charge is 2.09. The first-order valence-electron chi connectivity index (χ1n) is 6.29. The van der Waals surface area contributed by atoms with Gasteiger partial charge < -0.3 is 9.90 Å². The Morgan fingerprint density at radius 2 is 2.10 bits per heavy atom. The van der Waals surface area contributed by atoms with E-state index in [4.69, 9.17) is 0 Å². The van der Waals surface area contributed by atoms with Crippen LogP contribution in [0.25, 0.3) is 22.2 Å². The van der Waals surface area contributed by atoms with Crippen LogP contribution in [0.5, 0.6) is 0 Å². The molecule has 0 atom stereocenters. The second-order valence-corrected chi connectivity index (χ2v) is 5.35. The number of carboxylic acid groups (broad SMARTS) is 1. The molecule has 2 heterocycles. The molecule has 1 aromatic carbocycles. The van der Waals surface area contributed by atoms with E-state index in [0.29, 0.717) is 16.6 Å². The fourth-order valence-electron chi connectivity index (χ4n) is 2.17. The maximum Gasteiger partial charge on any atom is 0.0731 e. The van der Waals surface area contributed by atoms with Gasteiger partial charge in [-0.1, -0.05) is 6.07 Å². The Morgan fingerprint density at radius 1 is 1.24 bits per heavy atom. The first kappa shape index (κ1) is 13.6. The molecule has 0 spiro atoms. The number of carbonyl (C=O) groups excluding carboxylic acids is 1. The van der Waals surface area contributed by atoms with Crippen molar-refractivity contribution in [3.8, 4) is 11.3 Å². The number of benzene rings is 1. The summed E-state index contributed by atoms with van der Waals surface area (Å²) in [6.45, 7) is 0. The first-order valence-corrected chi connectivity index (χ1v) is 7.52. The van der Waals surface area contributed by atoms with Crippen LogP contribution in [0.15, 0.2) is 53.7 Å². The molecule has 0 amide bonds. The van der Waals surface area contributed by atoms with Crippen molar-refractivity contribution in [1.29, 1.82) is 0 Å². The molecule has 0 bridgehead atoms. The topological polar surface area (TPSA) is 65.9 Å². The lowest BCUT2D eigenvalue weighted by molar-refractivity contribution is -0.254. The number of carboxylic acids is 1. The van der Waals surface area contributed by atoms with Crippen LogP contribution in [0.1, 0.15) is 10.4 Å². The number of thioether (sulfide) groups is 1. The Labute approximate surface area is 125 Å². The zero-order chi connectivity index (χ0) is 14.8. The average molecular weight is 295 g/mol. The van der Waals surface area contributed by atoms with E-state index in [0.717, 1.165) is 10.5 Å². The maximum atomic E-state index is 11.4. The van der Waals surface area contributed by atoms with E-state index >= 15 is 0 Å². The van der Waals surface area contributed by atoms with E-state index in [1.165, 1.54) is 6.07 Å². The molecule has 0 aliphatic carbocycles. The molecule has 0 radical (unpaired) electrons. The van der Waals surface area contributed by atoms with Crippen LogP contribution >= 0.6 is 11.8 Å². The Morgan fingerprint density at radius 3 is 2.76 bits per heavy atom. The van der Waals surface area contributed by atoms with Crippen LogP contribution in [0.3, 0.4) is 0 Å². The third-order valence-corrected chi connectivity index (χ3v) is 3.92. The van der Waals surface area contributed by atoms with E-state index < -0.39 is 5.97 Å².